The summed E-state index contributed by atoms with van der Waals surface area (Å²) in [6.07, 6.45) is 0. The fourth-order valence-corrected chi connectivity index (χ4v) is 2.48. The first-order valence-corrected chi connectivity index (χ1v) is 7.52. The molecule has 0 unspecified atom stereocenters. The van der Waals surface area contributed by atoms with E-state index in [9.17, 15) is 0 Å². The first-order chi connectivity index (χ1) is 9.94. The van der Waals surface area contributed by atoms with Gasteiger partial charge < -0.3 is 10.6 Å². The van der Waals surface area contributed by atoms with Crippen LogP contribution in [0.5, 0.6) is 0 Å². The molecule has 112 valence electrons. The molecule has 0 aliphatic heterocycles. The van der Waals surface area contributed by atoms with E-state index in [2.05, 4.69) is 54.7 Å². The normalized spacial score (nSPS) is 10.7. The maximum atomic E-state index is 5.23. The molecule has 2 aromatic rings. The Morgan fingerprint density at radius 1 is 1.24 bits per heavy atom. The van der Waals surface area contributed by atoms with Gasteiger partial charge in [-0.15, -0.1) is 0 Å². The summed E-state index contributed by atoms with van der Waals surface area (Å²) >= 11 is 5.23. The highest BCUT2D eigenvalue weighted by atomic mass is 32.1. The number of hydrogen-bond donors (Lipinski definition) is 2. The Bertz CT molecular complexity index is 614. The first kappa shape index (κ1) is 15.5. The number of anilines is 1. The predicted molar refractivity (Wildman–Crippen MR) is 91.7 cm³/mol. The quantitative estimate of drug-likeness (QED) is 0.851. The highest BCUT2D eigenvalue weighted by molar-refractivity contribution is 7.80. The van der Waals surface area contributed by atoms with Gasteiger partial charge in [0, 0.05) is 17.4 Å². The lowest BCUT2D eigenvalue weighted by Crippen LogP contribution is -2.33. The molecule has 0 radical (unpaired) electrons. The van der Waals surface area contributed by atoms with Crippen LogP contribution in [0.4, 0.5) is 5.69 Å². The Morgan fingerprint density at radius 3 is 2.43 bits per heavy atom. The van der Waals surface area contributed by atoms with Gasteiger partial charge in [0.15, 0.2) is 5.11 Å². The minimum absolute atomic E-state index is 0.329. The molecule has 2 rings (SSSR count). The zero-order valence-corrected chi connectivity index (χ0v) is 13.8. The van der Waals surface area contributed by atoms with E-state index in [0.717, 1.165) is 17.9 Å². The molecule has 0 saturated heterocycles. The molecule has 0 amide bonds. The fourth-order valence-electron chi connectivity index (χ4n) is 2.13. The number of aryl methyl sites for hydroxylation is 2. The molecule has 0 fully saturated rings. The Hall–Kier alpha value is -1.88. The molecule has 2 N–H and O–H groups in total. The van der Waals surface area contributed by atoms with Crippen molar-refractivity contribution in [1.29, 1.82) is 0 Å². The van der Waals surface area contributed by atoms with Crippen molar-refractivity contribution in [2.24, 2.45) is 0 Å². The van der Waals surface area contributed by atoms with Gasteiger partial charge >= 0.3 is 0 Å². The summed E-state index contributed by atoms with van der Waals surface area (Å²) in [6.45, 7) is 9.00. The molecule has 4 nitrogen and oxygen atoms in total. The van der Waals surface area contributed by atoms with Crippen molar-refractivity contribution in [3.05, 3.63) is 47.3 Å². The van der Waals surface area contributed by atoms with E-state index in [1.54, 1.807) is 0 Å². The average Bonchev–Trinajstić information content (AvgIpc) is 2.69. The second-order valence-electron chi connectivity index (χ2n) is 5.53. The zero-order valence-electron chi connectivity index (χ0n) is 13.0. The van der Waals surface area contributed by atoms with Gasteiger partial charge in [-0.25, -0.2) is 0 Å². The summed E-state index contributed by atoms with van der Waals surface area (Å²) in [7, 11) is 0. The van der Waals surface area contributed by atoms with E-state index in [-0.39, 0.29) is 0 Å². The first-order valence-electron chi connectivity index (χ1n) is 7.11. The van der Waals surface area contributed by atoms with Gasteiger partial charge in [-0.3, -0.25) is 4.68 Å². The van der Waals surface area contributed by atoms with Crippen LogP contribution in [0.3, 0.4) is 0 Å². The van der Waals surface area contributed by atoms with Crippen LogP contribution in [0.15, 0.2) is 30.3 Å². The van der Waals surface area contributed by atoms with E-state index < -0.39 is 0 Å². The van der Waals surface area contributed by atoms with Crippen LogP contribution in [-0.4, -0.2) is 20.9 Å². The number of benzene rings is 1. The lowest BCUT2D eigenvalue weighted by atomic mass is 10.2. The molecule has 0 aliphatic rings. The van der Waals surface area contributed by atoms with Crippen LogP contribution in [0.2, 0.25) is 0 Å². The summed E-state index contributed by atoms with van der Waals surface area (Å²) in [5, 5.41) is 11.5. The molecule has 0 bridgehead atoms. The number of aromatic nitrogens is 2. The van der Waals surface area contributed by atoms with Gasteiger partial charge in [0.05, 0.1) is 12.2 Å². The number of nitrogens with one attached hydrogen (secondary N) is 2. The van der Waals surface area contributed by atoms with Crippen molar-refractivity contribution in [2.45, 2.75) is 40.3 Å². The third kappa shape index (κ3) is 4.56. The van der Waals surface area contributed by atoms with Crippen molar-refractivity contribution < 1.29 is 0 Å². The third-order valence-electron chi connectivity index (χ3n) is 3.07. The van der Waals surface area contributed by atoms with Gasteiger partial charge in [0.25, 0.3) is 0 Å². The lowest BCUT2D eigenvalue weighted by molar-refractivity contribution is 0.659. The topological polar surface area (TPSA) is 41.9 Å². The SMILES string of the molecule is Cc1cc(C)n(Cc2ccc(NC(=S)NC(C)C)cc2)n1. The second kappa shape index (κ2) is 6.72. The summed E-state index contributed by atoms with van der Waals surface area (Å²) in [5.41, 5.74) is 4.44. The fraction of sp³-hybridized carbons (Fsp3) is 0.375. The van der Waals surface area contributed by atoms with Crippen LogP contribution in [0, 0.1) is 13.8 Å². The molecule has 0 saturated carbocycles. The van der Waals surface area contributed by atoms with Crippen LogP contribution in [0.1, 0.15) is 30.8 Å². The van der Waals surface area contributed by atoms with Gasteiger partial charge in [0.2, 0.25) is 0 Å². The molecule has 5 heteroatoms. The standard InChI is InChI=1S/C16H22N4S/c1-11(2)17-16(21)18-15-7-5-14(6-8-15)10-20-13(4)9-12(3)19-20/h5-9,11H,10H2,1-4H3,(H2,17,18,21). The molecule has 1 heterocycles. The Labute approximate surface area is 131 Å². The second-order valence-corrected chi connectivity index (χ2v) is 5.94. The van der Waals surface area contributed by atoms with Crippen molar-refractivity contribution in [1.82, 2.24) is 15.1 Å². The van der Waals surface area contributed by atoms with E-state index in [4.69, 9.17) is 12.2 Å². The van der Waals surface area contributed by atoms with Crippen molar-refractivity contribution in [3.8, 4) is 0 Å². The maximum absolute atomic E-state index is 5.23. The lowest BCUT2D eigenvalue weighted by Gasteiger charge is -2.13. The number of hydrogen-bond acceptors (Lipinski definition) is 2. The van der Waals surface area contributed by atoms with Gasteiger partial charge in [-0.2, -0.15) is 5.10 Å². The molecule has 0 atom stereocenters. The van der Waals surface area contributed by atoms with E-state index in [1.165, 1.54) is 11.3 Å². The largest absolute Gasteiger partial charge is 0.360 e. The maximum Gasteiger partial charge on any atom is 0.170 e. The minimum Gasteiger partial charge on any atom is -0.360 e. The van der Waals surface area contributed by atoms with Crippen LogP contribution >= 0.6 is 12.2 Å². The smallest absolute Gasteiger partial charge is 0.170 e. The molecule has 1 aromatic carbocycles. The van der Waals surface area contributed by atoms with Crippen molar-refractivity contribution in [3.63, 3.8) is 0 Å². The summed E-state index contributed by atoms with van der Waals surface area (Å²) < 4.78 is 2.02. The number of nitrogens with zero attached hydrogens (tertiary/aromatic N) is 2. The third-order valence-corrected chi connectivity index (χ3v) is 3.29. The highest BCUT2D eigenvalue weighted by Crippen LogP contribution is 2.12. The predicted octanol–water partition coefficient (Wildman–Crippen LogP) is 3.24. The molecular weight excluding hydrogens is 280 g/mol. The van der Waals surface area contributed by atoms with Crippen LogP contribution in [-0.2, 0) is 6.54 Å². The van der Waals surface area contributed by atoms with E-state index in [0.29, 0.717) is 11.2 Å². The molecular formula is C16H22N4S. The molecule has 0 spiro atoms. The monoisotopic (exact) mass is 302 g/mol. The molecule has 0 aliphatic carbocycles. The van der Waals surface area contributed by atoms with Crippen molar-refractivity contribution in [2.75, 3.05) is 5.32 Å². The summed E-state index contributed by atoms with van der Waals surface area (Å²) in [5.74, 6) is 0. The molecule has 1 aromatic heterocycles. The Kier molecular flexibility index (Phi) is 4.96. The van der Waals surface area contributed by atoms with Crippen molar-refractivity contribution >= 4 is 23.0 Å². The zero-order chi connectivity index (χ0) is 15.4. The minimum atomic E-state index is 0.329. The highest BCUT2D eigenvalue weighted by Gasteiger charge is 2.03. The van der Waals surface area contributed by atoms with E-state index >= 15 is 0 Å². The number of rotatable bonds is 4. The average molecular weight is 302 g/mol. The number of thiocarbonyl (C=S) groups is 1. The van der Waals surface area contributed by atoms with E-state index in [1.807, 2.05) is 23.7 Å². The Balaban J connectivity index is 1.99. The summed E-state index contributed by atoms with van der Waals surface area (Å²) in [4.78, 5) is 0. The molecule has 21 heavy (non-hydrogen) atoms. The van der Waals surface area contributed by atoms with Crippen LogP contribution < -0.4 is 10.6 Å². The Morgan fingerprint density at radius 2 is 1.90 bits per heavy atom. The van der Waals surface area contributed by atoms with Crippen LogP contribution in [0.25, 0.3) is 0 Å². The van der Waals surface area contributed by atoms with Gasteiger partial charge in [0.1, 0.15) is 0 Å². The van der Waals surface area contributed by atoms with Gasteiger partial charge in [-0.05, 0) is 63.7 Å². The summed E-state index contributed by atoms with van der Waals surface area (Å²) in [6, 6.07) is 10.7. The van der Waals surface area contributed by atoms with Gasteiger partial charge in [-0.1, -0.05) is 12.1 Å².